The first-order valence-electron chi connectivity index (χ1n) is 5.78. The van der Waals surface area contributed by atoms with Crippen LogP contribution in [0.2, 0.25) is 0 Å². The van der Waals surface area contributed by atoms with Gasteiger partial charge >= 0.3 is 5.97 Å². The van der Waals surface area contributed by atoms with Crippen molar-refractivity contribution in [1.29, 1.82) is 0 Å². The fourth-order valence-electron chi connectivity index (χ4n) is 1.80. The topological polar surface area (TPSA) is 64.6 Å². The summed E-state index contributed by atoms with van der Waals surface area (Å²) in [5.74, 6) is 0.223. The molecule has 0 spiro atoms. The summed E-state index contributed by atoms with van der Waals surface area (Å²) in [4.78, 5) is 22.9. The molecule has 1 aromatic rings. The van der Waals surface area contributed by atoms with Gasteiger partial charge in [0.1, 0.15) is 11.8 Å². The number of esters is 1. The van der Waals surface area contributed by atoms with Crippen molar-refractivity contribution in [1.82, 2.24) is 5.32 Å². The number of methoxy groups -OCH3 is 1. The Kier molecular flexibility index (Phi) is 3.82. The average molecular weight is 249 g/mol. The van der Waals surface area contributed by atoms with Crippen LogP contribution in [-0.2, 0) is 20.7 Å². The Morgan fingerprint density at radius 1 is 1.44 bits per heavy atom. The second-order valence-electron chi connectivity index (χ2n) is 4.10. The first-order chi connectivity index (χ1) is 8.69. The molecule has 1 unspecified atom stereocenters. The van der Waals surface area contributed by atoms with Crippen molar-refractivity contribution < 1.29 is 19.1 Å². The molecule has 1 N–H and O–H groups in total. The van der Waals surface area contributed by atoms with E-state index >= 15 is 0 Å². The van der Waals surface area contributed by atoms with Crippen molar-refractivity contribution in [2.75, 3.05) is 13.7 Å². The Morgan fingerprint density at radius 2 is 2.17 bits per heavy atom. The van der Waals surface area contributed by atoms with E-state index in [0.717, 1.165) is 11.3 Å². The van der Waals surface area contributed by atoms with E-state index in [-0.39, 0.29) is 18.3 Å². The summed E-state index contributed by atoms with van der Waals surface area (Å²) < 4.78 is 9.81. The minimum absolute atomic E-state index is 0.177. The van der Waals surface area contributed by atoms with Crippen LogP contribution in [0.3, 0.4) is 0 Å². The molecule has 18 heavy (non-hydrogen) atoms. The highest BCUT2D eigenvalue weighted by atomic mass is 16.5. The van der Waals surface area contributed by atoms with Gasteiger partial charge in [-0.05, 0) is 17.7 Å². The highest BCUT2D eigenvalue weighted by Gasteiger charge is 2.27. The average Bonchev–Trinajstić information content (AvgIpc) is 2.76. The normalized spacial score (nSPS) is 18.3. The molecule has 96 valence electrons. The van der Waals surface area contributed by atoms with Gasteiger partial charge in [0, 0.05) is 6.42 Å². The van der Waals surface area contributed by atoms with E-state index in [1.54, 1.807) is 19.2 Å². The number of carbonyl (C=O) groups is 2. The highest BCUT2D eigenvalue weighted by Crippen LogP contribution is 2.12. The molecule has 0 radical (unpaired) electrons. The Morgan fingerprint density at radius 3 is 2.72 bits per heavy atom. The first kappa shape index (κ1) is 12.4. The molecule has 1 amide bonds. The fourth-order valence-corrected chi connectivity index (χ4v) is 1.80. The van der Waals surface area contributed by atoms with Gasteiger partial charge in [-0.25, -0.2) is 4.79 Å². The molecule has 0 aliphatic carbocycles. The van der Waals surface area contributed by atoms with Crippen molar-refractivity contribution >= 4 is 11.9 Å². The number of benzene rings is 1. The number of hydrogen-bond acceptors (Lipinski definition) is 4. The van der Waals surface area contributed by atoms with Crippen LogP contribution >= 0.6 is 0 Å². The van der Waals surface area contributed by atoms with Gasteiger partial charge in [0.05, 0.1) is 20.1 Å². The number of hydrogen-bond donors (Lipinski definition) is 1. The van der Waals surface area contributed by atoms with Crippen molar-refractivity contribution in [3.8, 4) is 5.75 Å². The molecular formula is C13H15NO4. The van der Waals surface area contributed by atoms with Crippen LogP contribution in [0.4, 0.5) is 0 Å². The van der Waals surface area contributed by atoms with Gasteiger partial charge in [-0.1, -0.05) is 12.1 Å². The minimum atomic E-state index is -0.490. The third-order valence-corrected chi connectivity index (χ3v) is 2.79. The van der Waals surface area contributed by atoms with Crippen molar-refractivity contribution in [3.05, 3.63) is 29.8 Å². The quantitative estimate of drug-likeness (QED) is 0.796. The number of nitrogens with one attached hydrogen (secondary N) is 1. The van der Waals surface area contributed by atoms with Gasteiger partial charge in [0.2, 0.25) is 5.91 Å². The maximum Gasteiger partial charge on any atom is 0.328 e. The maximum atomic E-state index is 11.7. The zero-order valence-electron chi connectivity index (χ0n) is 10.1. The maximum absolute atomic E-state index is 11.7. The van der Waals surface area contributed by atoms with Gasteiger partial charge in [0.25, 0.3) is 0 Å². The summed E-state index contributed by atoms with van der Waals surface area (Å²) in [6.07, 6.45) is 0.793. The largest absolute Gasteiger partial charge is 0.497 e. The third-order valence-electron chi connectivity index (χ3n) is 2.79. The summed E-state index contributed by atoms with van der Waals surface area (Å²) in [6, 6.07) is 6.76. The van der Waals surface area contributed by atoms with Gasteiger partial charge in [-0.3, -0.25) is 4.79 Å². The van der Waals surface area contributed by atoms with Crippen LogP contribution in [0, 0.1) is 0 Å². The number of rotatable bonds is 4. The van der Waals surface area contributed by atoms with E-state index in [9.17, 15) is 9.59 Å². The van der Waals surface area contributed by atoms with Gasteiger partial charge in [0.15, 0.2) is 0 Å². The standard InChI is InChI=1S/C13H15NO4/c1-17-10-4-2-9(3-5-10)8-12(15)14-11-6-7-18-13(11)16/h2-5,11H,6-8H2,1H3,(H,14,15). The second-order valence-corrected chi connectivity index (χ2v) is 4.10. The van der Waals surface area contributed by atoms with Crippen LogP contribution in [-0.4, -0.2) is 31.6 Å². The Bertz CT molecular complexity index is 441. The molecule has 1 fully saturated rings. The zero-order chi connectivity index (χ0) is 13.0. The van der Waals surface area contributed by atoms with E-state index in [1.165, 1.54) is 0 Å². The fraction of sp³-hybridized carbons (Fsp3) is 0.385. The summed E-state index contributed by atoms with van der Waals surface area (Å²) in [5.41, 5.74) is 0.875. The van der Waals surface area contributed by atoms with Gasteiger partial charge < -0.3 is 14.8 Å². The number of amides is 1. The van der Waals surface area contributed by atoms with Crippen molar-refractivity contribution in [3.63, 3.8) is 0 Å². The number of cyclic esters (lactones) is 1. The lowest BCUT2D eigenvalue weighted by Gasteiger charge is -2.09. The molecule has 1 saturated heterocycles. The lowest BCUT2D eigenvalue weighted by atomic mass is 10.1. The summed E-state index contributed by atoms with van der Waals surface area (Å²) in [6.45, 7) is 0.381. The summed E-state index contributed by atoms with van der Waals surface area (Å²) >= 11 is 0. The lowest BCUT2D eigenvalue weighted by Crippen LogP contribution is -2.38. The number of carbonyl (C=O) groups excluding carboxylic acids is 2. The van der Waals surface area contributed by atoms with E-state index in [4.69, 9.17) is 9.47 Å². The number of ether oxygens (including phenoxy) is 2. The zero-order valence-corrected chi connectivity index (χ0v) is 10.1. The predicted molar refractivity (Wildman–Crippen MR) is 64.2 cm³/mol. The van der Waals surface area contributed by atoms with Crippen LogP contribution in [0.5, 0.6) is 5.75 Å². The minimum Gasteiger partial charge on any atom is -0.497 e. The molecule has 1 atom stereocenters. The molecule has 2 rings (SSSR count). The van der Waals surface area contributed by atoms with Crippen molar-refractivity contribution in [2.45, 2.75) is 18.9 Å². The van der Waals surface area contributed by atoms with E-state index in [1.807, 2.05) is 12.1 Å². The molecule has 0 aromatic heterocycles. The lowest BCUT2D eigenvalue weighted by molar-refractivity contribution is -0.141. The molecule has 1 aromatic carbocycles. The van der Waals surface area contributed by atoms with E-state index in [0.29, 0.717) is 13.0 Å². The Labute approximate surface area is 105 Å². The van der Waals surface area contributed by atoms with Crippen LogP contribution in [0.1, 0.15) is 12.0 Å². The second kappa shape index (κ2) is 5.53. The Balaban J connectivity index is 1.88. The van der Waals surface area contributed by atoms with E-state index in [2.05, 4.69) is 5.32 Å². The van der Waals surface area contributed by atoms with E-state index < -0.39 is 6.04 Å². The van der Waals surface area contributed by atoms with Crippen LogP contribution in [0.25, 0.3) is 0 Å². The SMILES string of the molecule is COc1ccc(CC(=O)NC2CCOC2=O)cc1. The molecule has 0 saturated carbocycles. The molecule has 1 aliphatic heterocycles. The summed E-state index contributed by atoms with van der Waals surface area (Å²) in [5, 5.41) is 2.66. The molecule has 1 heterocycles. The highest BCUT2D eigenvalue weighted by molar-refractivity contribution is 5.86. The molecule has 1 aliphatic rings. The third kappa shape index (κ3) is 3.00. The monoisotopic (exact) mass is 249 g/mol. The molecule has 0 bridgehead atoms. The van der Waals surface area contributed by atoms with Crippen molar-refractivity contribution in [2.24, 2.45) is 0 Å². The van der Waals surface area contributed by atoms with Gasteiger partial charge in [-0.15, -0.1) is 0 Å². The first-order valence-corrected chi connectivity index (χ1v) is 5.78. The summed E-state index contributed by atoms with van der Waals surface area (Å²) in [7, 11) is 1.59. The van der Waals surface area contributed by atoms with Crippen LogP contribution < -0.4 is 10.1 Å². The molecular weight excluding hydrogens is 234 g/mol. The molecule has 5 heteroatoms. The molecule has 5 nitrogen and oxygen atoms in total. The van der Waals surface area contributed by atoms with Gasteiger partial charge in [-0.2, -0.15) is 0 Å². The smallest absolute Gasteiger partial charge is 0.328 e. The van der Waals surface area contributed by atoms with Crippen LogP contribution in [0.15, 0.2) is 24.3 Å². The Hall–Kier alpha value is -2.04. The predicted octanol–water partition coefficient (Wildman–Crippen LogP) is 0.669.